The Morgan fingerprint density at radius 3 is 1.93 bits per heavy atom. The standard InChI is InChI=1S/C37H36N2O8S2.C5H5N/c1-2-27(23-36-38(19-9-21-48(40,41)42)32-25-30(15-17-34(32)46-36)28-11-5-3-6-12-28)24-37-39(20-10-22-49(43,44)45)33-26-31(16-18-35(33)47-37)29-13-7-4-8-14-29;1-2-4-6-5-3-1/h3-8,11-18,23-26H,2,9-10,19-22H2,1H3,(H-,40,41,42,43,44,45);1-5H. The van der Waals surface area contributed by atoms with Crippen molar-refractivity contribution >= 4 is 43.1 Å². The zero-order chi connectivity index (χ0) is 38.8. The Morgan fingerprint density at radius 2 is 1.35 bits per heavy atom. The van der Waals surface area contributed by atoms with Gasteiger partial charge in [0, 0.05) is 48.7 Å². The molecule has 7 rings (SSSR count). The molecule has 0 fully saturated rings. The van der Waals surface area contributed by atoms with Crippen molar-refractivity contribution in [1.82, 2.24) is 0 Å². The SMILES string of the molecule is CCC(=C/c1oc2ccc(-c3ccccc3)cc2[n+]1CCCS(=O)(=O)[O-])/C=C1/Oc2ccc(-c3ccccc3)cc2N1CCCS(=O)(=O)[O-].c1cc[nH+]cc1. The highest BCUT2D eigenvalue weighted by molar-refractivity contribution is 7.85. The van der Waals surface area contributed by atoms with Crippen LogP contribution in [0, 0.1) is 0 Å². The number of aromatic amines is 1. The first-order valence-electron chi connectivity index (χ1n) is 17.8. The predicted octanol–water partition coefficient (Wildman–Crippen LogP) is 6.96. The summed E-state index contributed by atoms with van der Waals surface area (Å²) in [6, 6.07) is 37.1. The molecule has 1 N–H and O–H groups in total. The van der Waals surface area contributed by atoms with Gasteiger partial charge in [0.15, 0.2) is 24.7 Å². The molecule has 55 heavy (non-hydrogen) atoms. The minimum Gasteiger partial charge on any atom is -0.748 e. The summed E-state index contributed by atoms with van der Waals surface area (Å²) in [6.07, 6.45) is 8.21. The lowest BCUT2D eigenvalue weighted by Crippen LogP contribution is -2.36. The van der Waals surface area contributed by atoms with Gasteiger partial charge in [-0.1, -0.05) is 85.8 Å². The minimum absolute atomic E-state index is 0.0999. The highest BCUT2D eigenvalue weighted by atomic mass is 32.2. The molecule has 0 bridgehead atoms. The van der Waals surface area contributed by atoms with Crippen molar-refractivity contribution in [2.45, 2.75) is 32.7 Å². The van der Waals surface area contributed by atoms with E-state index in [1.54, 1.807) is 0 Å². The Bertz CT molecular complexity index is 2480. The summed E-state index contributed by atoms with van der Waals surface area (Å²) in [7, 11) is -8.81. The van der Waals surface area contributed by atoms with Crippen LogP contribution in [0.2, 0.25) is 0 Å². The second-order valence-corrected chi connectivity index (χ2v) is 15.9. The molecule has 284 valence electrons. The maximum atomic E-state index is 11.4. The molecule has 3 heterocycles. The fourth-order valence-electron chi connectivity index (χ4n) is 6.20. The average Bonchev–Trinajstić information content (AvgIpc) is 3.70. The first-order chi connectivity index (χ1) is 26.5. The molecule has 0 saturated carbocycles. The number of oxazole rings is 1. The molecular weight excluding hydrogens is 739 g/mol. The number of anilines is 1. The topological polar surface area (TPSA) is 158 Å². The number of fused-ring (bicyclic) bond motifs is 2. The molecule has 4 aromatic carbocycles. The van der Waals surface area contributed by atoms with Gasteiger partial charge in [0.25, 0.3) is 5.52 Å². The molecule has 0 spiro atoms. The van der Waals surface area contributed by atoms with Crippen LogP contribution in [0.5, 0.6) is 5.75 Å². The summed E-state index contributed by atoms with van der Waals surface area (Å²) in [5, 5.41) is 0. The van der Waals surface area contributed by atoms with Crippen molar-refractivity contribution in [3.8, 4) is 28.0 Å². The van der Waals surface area contributed by atoms with E-state index in [0.717, 1.165) is 39.0 Å². The molecule has 0 amide bonds. The van der Waals surface area contributed by atoms with E-state index in [1.165, 1.54) is 0 Å². The fraction of sp³-hybridized carbons (Fsp3) is 0.190. The van der Waals surface area contributed by atoms with Crippen LogP contribution >= 0.6 is 0 Å². The number of pyridine rings is 1. The normalized spacial score (nSPS) is 13.7. The van der Waals surface area contributed by atoms with Crippen molar-refractivity contribution in [2.75, 3.05) is 23.0 Å². The number of nitrogens with zero attached hydrogens (tertiary/aromatic N) is 2. The highest BCUT2D eigenvalue weighted by Gasteiger charge is 2.28. The van der Waals surface area contributed by atoms with E-state index in [4.69, 9.17) is 9.15 Å². The van der Waals surface area contributed by atoms with Crippen LogP contribution in [0.25, 0.3) is 39.4 Å². The smallest absolute Gasteiger partial charge is 0.374 e. The largest absolute Gasteiger partial charge is 0.748 e. The maximum Gasteiger partial charge on any atom is 0.374 e. The van der Waals surface area contributed by atoms with Gasteiger partial charge in [0.05, 0.1) is 32.0 Å². The number of aryl methyl sites for hydroxylation is 1. The van der Waals surface area contributed by atoms with Crippen LogP contribution in [0.1, 0.15) is 32.1 Å². The molecule has 2 aromatic heterocycles. The number of allylic oxidation sites excluding steroid dienone is 2. The van der Waals surface area contributed by atoms with Crippen LogP contribution in [-0.4, -0.2) is 44.0 Å². The van der Waals surface area contributed by atoms with E-state index in [1.807, 2.05) is 156 Å². The monoisotopic (exact) mass is 779 g/mol. The minimum atomic E-state index is -4.41. The van der Waals surface area contributed by atoms with E-state index in [9.17, 15) is 25.9 Å². The number of hydrogen-bond donors (Lipinski definition) is 0. The fourth-order valence-corrected chi connectivity index (χ4v) is 7.17. The molecule has 0 unspecified atom stereocenters. The lowest BCUT2D eigenvalue weighted by Gasteiger charge is -2.19. The summed E-state index contributed by atoms with van der Waals surface area (Å²) in [5.74, 6) is 0.497. The summed E-state index contributed by atoms with van der Waals surface area (Å²) in [4.78, 5) is 4.76. The number of hydrogen-bond acceptors (Lipinski definition) is 9. The molecular formula is C42H41N3O8S2. The first-order valence-corrected chi connectivity index (χ1v) is 21.0. The van der Waals surface area contributed by atoms with Crippen LogP contribution in [0.3, 0.4) is 0 Å². The summed E-state index contributed by atoms with van der Waals surface area (Å²) >= 11 is 0. The van der Waals surface area contributed by atoms with E-state index in [-0.39, 0.29) is 25.9 Å². The molecule has 1 aliphatic rings. The van der Waals surface area contributed by atoms with Gasteiger partial charge in [-0.2, -0.15) is 4.57 Å². The quantitative estimate of drug-likeness (QED) is 0.0893. The van der Waals surface area contributed by atoms with Gasteiger partial charge in [-0.15, -0.1) is 0 Å². The van der Waals surface area contributed by atoms with Crippen LogP contribution in [0.4, 0.5) is 5.69 Å². The number of aromatic nitrogens is 2. The molecule has 0 atom stereocenters. The van der Waals surface area contributed by atoms with Gasteiger partial charge in [-0.25, -0.2) is 21.8 Å². The Balaban J connectivity index is 0.000000782. The van der Waals surface area contributed by atoms with Gasteiger partial charge >= 0.3 is 5.89 Å². The van der Waals surface area contributed by atoms with Gasteiger partial charge in [0.2, 0.25) is 11.5 Å². The number of benzene rings is 4. The maximum absolute atomic E-state index is 11.4. The summed E-state index contributed by atoms with van der Waals surface area (Å²) in [6.45, 7) is 2.43. The molecule has 0 radical (unpaired) electrons. The molecule has 1 aliphatic heterocycles. The van der Waals surface area contributed by atoms with Gasteiger partial charge in [-0.3, -0.25) is 0 Å². The van der Waals surface area contributed by atoms with Crippen LogP contribution < -0.4 is 19.2 Å². The lowest BCUT2D eigenvalue weighted by molar-refractivity contribution is -0.677. The third-order valence-electron chi connectivity index (χ3n) is 8.86. The van der Waals surface area contributed by atoms with Gasteiger partial charge < -0.3 is 23.2 Å². The zero-order valence-corrected chi connectivity index (χ0v) is 31.8. The van der Waals surface area contributed by atoms with Crippen LogP contribution in [-0.2, 0) is 26.8 Å². The molecule has 6 aromatic rings. The number of ether oxygens (including phenoxy) is 1. The third-order valence-corrected chi connectivity index (χ3v) is 10.4. The Labute approximate surface area is 321 Å². The van der Waals surface area contributed by atoms with Gasteiger partial charge in [-0.05, 0) is 58.9 Å². The molecule has 11 nitrogen and oxygen atoms in total. The van der Waals surface area contributed by atoms with E-state index in [0.29, 0.717) is 29.5 Å². The molecule has 0 saturated heterocycles. The Morgan fingerprint density at radius 1 is 0.745 bits per heavy atom. The third kappa shape index (κ3) is 10.8. The Kier molecular flexibility index (Phi) is 12.6. The predicted molar refractivity (Wildman–Crippen MR) is 209 cm³/mol. The summed E-state index contributed by atoms with van der Waals surface area (Å²) < 4.78 is 83.1. The van der Waals surface area contributed by atoms with E-state index in [2.05, 4.69) is 4.98 Å². The van der Waals surface area contributed by atoms with Crippen molar-refractivity contribution in [1.29, 1.82) is 0 Å². The second kappa shape index (κ2) is 17.7. The molecule has 13 heteroatoms. The van der Waals surface area contributed by atoms with Crippen molar-refractivity contribution in [2.24, 2.45) is 0 Å². The number of nitrogens with one attached hydrogen (secondary N) is 1. The highest BCUT2D eigenvalue weighted by Crippen LogP contribution is 2.42. The first kappa shape index (κ1) is 39.1. The van der Waals surface area contributed by atoms with Crippen molar-refractivity contribution < 1.29 is 44.6 Å². The second-order valence-electron chi connectivity index (χ2n) is 12.8. The Hall–Kier alpha value is -5.60. The van der Waals surface area contributed by atoms with E-state index >= 15 is 0 Å². The number of rotatable bonds is 13. The van der Waals surface area contributed by atoms with E-state index < -0.39 is 31.7 Å². The zero-order valence-electron chi connectivity index (χ0n) is 30.2. The lowest BCUT2D eigenvalue weighted by atomic mass is 10.0. The van der Waals surface area contributed by atoms with Crippen LogP contribution in [0.15, 0.2) is 150 Å². The van der Waals surface area contributed by atoms with Crippen molar-refractivity contribution in [3.63, 3.8) is 0 Å². The summed E-state index contributed by atoms with van der Waals surface area (Å²) in [5.41, 5.74) is 6.82. The number of H-pyrrole nitrogens is 1. The van der Waals surface area contributed by atoms with Crippen molar-refractivity contribution in [3.05, 3.63) is 151 Å². The van der Waals surface area contributed by atoms with Gasteiger partial charge in [0.1, 0.15) is 0 Å². The average molecular weight is 780 g/mol. The molecule has 0 aliphatic carbocycles.